The van der Waals surface area contributed by atoms with E-state index in [1.165, 1.54) is 17.4 Å². The number of non-ortho nitro benzene ring substituents is 1. The van der Waals surface area contributed by atoms with E-state index in [0.29, 0.717) is 10.4 Å². The van der Waals surface area contributed by atoms with Gasteiger partial charge in [0.25, 0.3) is 5.69 Å². The van der Waals surface area contributed by atoms with Gasteiger partial charge in [0, 0.05) is 16.1 Å². The van der Waals surface area contributed by atoms with Gasteiger partial charge in [-0.25, -0.2) is 0 Å². The molecule has 2 rings (SSSR count). The van der Waals surface area contributed by atoms with Crippen molar-refractivity contribution in [2.45, 2.75) is 6.92 Å². The number of hydrogen-bond acceptors (Lipinski definition) is 3. The monoisotopic (exact) mass is 227 g/mol. The van der Waals surface area contributed by atoms with Crippen LogP contribution in [0.2, 0.25) is 5.02 Å². The summed E-state index contributed by atoms with van der Waals surface area (Å²) >= 11 is 7.34. The van der Waals surface area contributed by atoms with Gasteiger partial charge < -0.3 is 0 Å². The van der Waals surface area contributed by atoms with Crippen molar-refractivity contribution in [3.8, 4) is 0 Å². The lowest BCUT2D eigenvalue weighted by Gasteiger charge is -1.97. The van der Waals surface area contributed by atoms with Gasteiger partial charge in [0.2, 0.25) is 0 Å². The van der Waals surface area contributed by atoms with Crippen LogP contribution in [0.15, 0.2) is 17.5 Å². The van der Waals surface area contributed by atoms with Crippen LogP contribution in [0.4, 0.5) is 5.69 Å². The Labute approximate surface area is 89.1 Å². The van der Waals surface area contributed by atoms with Gasteiger partial charge in [0.05, 0.1) is 15.3 Å². The molecule has 0 spiro atoms. The number of nitro groups is 1. The summed E-state index contributed by atoms with van der Waals surface area (Å²) < 4.78 is 0.893. The molecule has 3 nitrogen and oxygen atoms in total. The average Bonchev–Trinajstić information content (AvgIpc) is 2.50. The smallest absolute Gasteiger partial charge is 0.258 e. The Balaban J connectivity index is 2.92. The first-order valence-corrected chi connectivity index (χ1v) is 5.17. The Morgan fingerprint density at radius 2 is 2.21 bits per heavy atom. The maximum absolute atomic E-state index is 10.7. The zero-order valence-corrected chi connectivity index (χ0v) is 8.85. The number of fused-ring (bicyclic) bond motifs is 1. The van der Waals surface area contributed by atoms with Crippen molar-refractivity contribution in [1.82, 2.24) is 0 Å². The van der Waals surface area contributed by atoms with Crippen LogP contribution >= 0.6 is 22.9 Å². The SMILES string of the molecule is Cc1ccc([N+](=O)[O-])c2c(Cl)csc12. The molecular formula is C9H6ClNO2S. The van der Waals surface area contributed by atoms with Crippen LogP contribution in [-0.4, -0.2) is 4.92 Å². The van der Waals surface area contributed by atoms with Gasteiger partial charge in [-0.1, -0.05) is 17.7 Å². The molecule has 1 aromatic heterocycles. The van der Waals surface area contributed by atoms with Crippen molar-refractivity contribution in [1.29, 1.82) is 0 Å². The molecule has 1 heterocycles. The predicted octanol–water partition coefficient (Wildman–Crippen LogP) is 3.77. The number of rotatable bonds is 1. The lowest BCUT2D eigenvalue weighted by atomic mass is 10.1. The van der Waals surface area contributed by atoms with E-state index in [1.54, 1.807) is 11.4 Å². The molecule has 0 aliphatic heterocycles. The van der Waals surface area contributed by atoms with Crippen LogP contribution in [0.3, 0.4) is 0 Å². The zero-order chi connectivity index (χ0) is 10.3. The highest BCUT2D eigenvalue weighted by atomic mass is 35.5. The molecule has 1 aromatic carbocycles. The number of thiophene rings is 1. The molecule has 0 radical (unpaired) electrons. The standard InChI is InChI=1S/C9H6ClNO2S/c1-5-2-3-7(11(12)13)8-6(10)4-14-9(5)8/h2-4H,1H3. The van der Waals surface area contributed by atoms with Crippen molar-refractivity contribution in [2.24, 2.45) is 0 Å². The van der Waals surface area contributed by atoms with Gasteiger partial charge in [-0.3, -0.25) is 10.1 Å². The van der Waals surface area contributed by atoms with Gasteiger partial charge in [0.1, 0.15) is 0 Å². The molecule has 0 amide bonds. The molecule has 0 atom stereocenters. The minimum Gasteiger partial charge on any atom is -0.258 e. The molecule has 0 bridgehead atoms. The van der Waals surface area contributed by atoms with Gasteiger partial charge in [0.15, 0.2) is 0 Å². The predicted molar refractivity (Wildman–Crippen MR) is 58.2 cm³/mol. The Hall–Kier alpha value is -1.13. The molecule has 0 saturated carbocycles. The van der Waals surface area contributed by atoms with Gasteiger partial charge in [-0.15, -0.1) is 11.3 Å². The van der Waals surface area contributed by atoms with E-state index in [4.69, 9.17) is 11.6 Å². The topological polar surface area (TPSA) is 43.1 Å². The summed E-state index contributed by atoms with van der Waals surface area (Å²) in [4.78, 5) is 10.3. The molecule has 0 unspecified atom stereocenters. The van der Waals surface area contributed by atoms with Crippen molar-refractivity contribution in [3.05, 3.63) is 38.2 Å². The van der Waals surface area contributed by atoms with Crippen molar-refractivity contribution in [3.63, 3.8) is 0 Å². The molecule has 72 valence electrons. The second-order valence-electron chi connectivity index (χ2n) is 2.95. The highest BCUT2D eigenvalue weighted by Gasteiger charge is 2.17. The normalized spacial score (nSPS) is 10.7. The van der Waals surface area contributed by atoms with E-state index in [9.17, 15) is 10.1 Å². The van der Waals surface area contributed by atoms with Crippen molar-refractivity contribution in [2.75, 3.05) is 0 Å². The van der Waals surface area contributed by atoms with Crippen molar-refractivity contribution >= 4 is 38.7 Å². The molecule has 0 fully saturated rings. The maximum Gasteiger partial charge on any atom is 0.279 e. The quantitative estimate of drug-likeness (QED) is 0.550. The highest BCUT2D eigenvalue weighted by Crippen LogP contribution is 2.38. The number of benzene rings is 1. The van der Waals surface area contributed by atoms with E-state index in [2.05, 4.69) is 0 Å². The summed E-state index contributed by atoms with van der Waals surface area (Å²) in [6, 6.07) is 3.24. The first kappa shape index (κ1) is 9.43. The van der Waals surface area contributed by atoms with E-state index in [1.807, 2.05) is 6.92 Å². The molecule has 0 aliphatic carbocycles. The summed E-state index contributed by atoms with van der Waals surface area (Å²) in [5.41, 5.74) is 1.10. The number of hydrogen-bond donors (Lipinski definition) is 0. The molecule has 0 saturated heterocycles. The van der Waals surface area contributed by atoms with Crippen LogP contribution in [0.5, 0.6) is 0 Å². The maximum atomic E-state index is 10.7. The first-order valence-electron chi connectivity index (χ1n) is 3.92. The van der Waals surface area contributed by atoms with E-state index >= 15 is 0 Å². The van der Waals surface area contributed by atoms with Crippen LogP contribution in [0, 0.1) is 17.0 Å². The van der Waals surface area contributed by atoms with Crippen LogP contribution in [0.25, 0.3) is 10.1 Å². The summed E-state index contributed by atoms with van der Waals surface area (Å²) in [6.07, 6.45) is 0. The van der Waals surface area contributed by atoms with Crippen LogP contribution in [-0.2, 0) is 0 Å². The van der Waals surface area contributed by atoms with Gasteiger partial charge >= 0.3 is 0 Å². The van der Waals surface area contributed by atoms with Gasteiger partial charge in [-0.05, 0) is 12.5 Å². The molecule has 0 N–H and O–H groups in total. The number of nitrogens with zero attached hydrogens (tertiary/aromatic N) is 1. The number of nitro benzene ring substituents is 1. The summed E-state index contributed by atoms with van der Waals surface area (Å²) in [7, 11) is 0. The molecule has 0 aliphatic rings. The Morgan fingerprint density at radius 1 is 1.50 bits per heavy atom. The van der Waals surface area contributed by atoms with Crippen molar-refractivity contribution < 1.29 is 4.92 Å². The molecule has 2 aromatic rings. The summed E-state index contributed by atoms with van der Waals surface area (Å²) in [5, 5.41) is 13.5. The molecule has 5 heteroatoms. The molecule has 14 heavy (non-hydrogen) atoms. The summed E-state index contributed by atoms with van der Waals surface area (Å²) in [6.45, 7) is 1.92. The highest BCUT2D eigenvalue weighted by molar-refractivity contribution is 7.18. The minimum absolute atomic E-state index is 0.0804. The van der Waals surface area contributed by atoms with Crippen LogP contribution < -0.4 is 0 Å². The van der Waals surface area contributed by atoms with Gasteiger partial charge in [-0.2, -0.15) is 0 Å². The Kier molecular flexibility index (Phi) is 2.17. The second kappa shape index (κ2) is 3.22. The third kappa shape index (κ3) is 1.27. The summed E-state index contributed by atoms with van der Waals surface area (Å²) in [5.74, 6) is 0. The second-order valence-corrected chi connectivity index (χ2v) is 4.23. The first-order chi connectivity index (χ1) is 6.61. The third-order valence-corrected chi connectivity index (χ3v) is 3.59. The number of aryl methyl sites for hydroxylation is 1. The molecular weight excluding hydrogens is 222 g/mol. The van der Waals surface area contributed by atoms with Crippen LogP contribution in [0.1, 0.15) is 5.56 Å². The lowest BCUT2D eigenvalue weighted by molar-refractivity contribution is -0.383. The van der Waals surface area contributed by atoms with E-state index < -0.39 is 4.92 Å². The largest absolute Gasteiger partial charge is 0.279 e. The van der Waals surface area contributed by atoms with E-state index in [0.717, 1.165) is 10.3 Å². The Bertz CT molecular complexity index is 521. The third-order valence-electron chi connectivity index (χ3n) is 2.05. The Morgan fingerprint density at radius 3 is 2.86 bits per heavy atom. The zero-order valence-electron chi connectivity index (χ0n) is 7.28. The average molecular weight is 228 g/mol. The fraction of sp³-hybridized carbons (Fsp3) is 0.111. The fourth-order valence-electron chi connectivity index (χ4n) is 1.38. The fourth-order valence-corrected chi connectivity index (χ4v) is 2.69. The minimum atomic E-state index is -0.402. The van der Waals surface area contributed by atoms with E-state index in [-0.39, 0.29) is 5.69 Å². The lowest BCUT2D eigenvalue weighted by Crippen LogP contribution is -1.88. The number of halogens is 1.